The second-order valence-electron chi connectivity index (χ2n) is 8.32. The molecule has 1 amide bonds. The van der Waals surface area contributed by atoms with Gasteiger partial charge in [0.15, 0.2) is 0 Å². The largest absolute Gasteiger partial charge is 0.351 e. The highest BCUT2D eigenvalue weighted by Gasteiger charge is 2.36. The second kappa shape index (κ2) is 8.38. The van der Waals surface area contributed by atoms with Crippen molar-refractivity contribution in [2.75, 3.05) is 23.1 Å². The van der Waals surface area contributed by atoms with Crippen molar-refractivity contribution in [3.05, 3.63) is 65.5 Å². The molecule has 0 radical (unpaired) electrons. The Bertz CT molecular complexity index is 1010. The van der Waals surface area contributed by atoms with E-state index in [1.807, 2.05) is 12.1 Å². The normalized spacial score (nSPS) is 20.1. The number of anilines is 1. The fourth-order valence-electron chi connectivity index (χ4n) is 4.66. The number of amides is 1. The molecule has 1 aliphatic heterocycles. The van der Waals surface area contributed by atoms with Crippen LogP contribution in [0.25, 0.3) is 0 Å². The van der Waals surface area contributed by atoms with Crippen LogP contribution in [0.3, 0.4) is 0 Å². The first kappa shape index (κ1) is 20.8. The maximum atomic E-state index is 13.4. The molecule has 7 heteroatoms. The molecule has 1 aliphatic carbocycles. The number of carbonyl (C=O) groups excluding carboxylic acids is 1. The molecule has 4 rings (SSSR count). The third-order valence-corrected chi connectivity index (χ3v) is 8.22. The van der Waals surface area contributed by atoms with Crippen LogP contribution in [-0.2, 0) is 15.4 Å². The van der Waals surface area contributed by atoms with E-state index < -0.39 is 10.0 Å². The molecule has 2 aliphatic rings. The van der Waals surface area contributed by atoms with E-state index in [0.29, 0.717) is 30.8 Å². The van der Waals surface area contributed by atoms with Crippen molar-refractivity contribution in [2.45, 2.75) is 43.9 Å². The van der Waals surface area contributed by atoms with E-state index in [4.69, 9.17) is 0 Å². The van der Waals surface area contributed by atoms with Crippen LogP contribution in [0, 0.1) is 5.82 Å². The van der Waals surface area contributed by atoms with Crippen LogP contribution in [0.15, 0.2) is 48.5 Å². The van der Waals surface area contributed by atoms with Crippen molar-refractivity contribution in [3.8, 4) is 0 Å². The van der Waals surface area contributed by atoms with E-state index in [1.54, 1.807) is 24.3 Å². The molecule has 2 aromatic rings. The van der Waals surface area contributed by atoms with Gasteiger partial charge in [-0.05, 0) is 61.6 Å². The molecule has 2 fully saturated rings. The minimum Gasteiger partial charge on any atom is -0.351 e. The average Bonchev–Trinajstić information content (AvgIpc) is 3.22. The van der Waals surface area contributed by atoms with Crippen molar-refractivity contribution < 1.29 is 17.6 Å². The van der Waals surface area contributed by atoms with Gasteiger partial charge in [0, 0.05) is 24.1 Å². The van der Waals surface area contributed by atoms with Gasteiger partial charge in [-0.1, -0.05) is 31.0 Å². The molecule has 0 unspecified atom stereocenters. The Kier molecular flexibility index (Phi) is 5.82. The topological polar surface area (TPSA) is 66.5 Å². The Morgan fingerprint density at radius 3 is 2.47 bits per heavy atom. The zero-order valence-corrected chi connectivity index (χ0v) is 17.8. The smallest absolute Gasteiger partial charge is 0.251 e. The summed E-state index contributed by atoms with van der Waals surface area (Å²) < 4.78 is 39.5. The highest BCUT2D eigenvalue weighted by Crippen LogP contribution is 2.40. The lowest BCUT2D eigenvalue weighted by Gasteiger charge is -2.30. The monoisotopic (exact) mass is 430 g/mol. The predicted octanol–water partition coefficient (Wildman–Crippen LogP) is 4.00. The molecule has 1 N–H and O–H groups in total. The van der Waals surface area contributed by atoms with Gasteiger partial charge in [0.05, 0.1) is 11.4 Å². The lowest BCUT2D eigenvalue weighted by Crippen LogP contribution is -2.39. The highest BCUT2D eigenvalue weighted by atomic mass is 32.2. The van der Waals surface area contributed by atoms with Gasteiger partial charge in [-0.2, -0.15) is 0 Å². The predicted molar refractivity (Wildman–Crippen MR) is 116 cm³/mol. The summed E-state index contributed by atoms with van der Waals surface area (Å²) in [7, 11) is -3.32. The van der Waals surface area contributed by atoms with E-state index in [9.17, 15) is 17.6 Å². The summed E-state index contributed by atoms with van der Waals surface area (Å²) >= 11 is 0. The van der Waals surface area contributed by atoms with E-state index in [2.05, 4.69) is 5.32 Å². The van der Waals surface area contributed by atoms with Gasteiger partial charge in [0.25, 0.3) is 5.91 Å². The SMILES string of the molecule is O=C(NCC1(c2ccc(F)cc2)CCCC1)c1cccc(N2CCCCS2(=O)=O)c1. The van der Waals surface area contributed by atoms with Gasteiger partial charge >= 0.3 is 0 Å². The third-order valence-electron chi connectivity index (χ3n) is 6.35. The lowest BCUT2D eigenvalue weighted by atomic mass is 9.78. The Morgan fingerprint density at radius 1 is 1.03 bits per heavy atom. The number of nitrogens with zero attached hydrogens (tertiary/aromatic N) is 1. The molecule has 2 aromatic carbocycles. The third kappa shape index (κ3) is 4.21. The van der Waals surface area contributed by atoms with Crippen LogP contribution in [0.1, 0.15) is 54.4 Å². The Balaban J connectivity index is 1.50. The molecule has 1 saturated heterocycles. The molecule has 0 spiro atoms. The average molecular weight is 431 g/mol. The summed E-state index contributed by atoms with van der Waals surface area (Å²) in [5.41, 5.74) is 1.85. The minimum absolute atomic E-state index is 0.142. The first-order valence-corrected chi connectivity index (χ1v) is 12.2. The van der Waals surface area contributed by atoms with Crippen LogP contribution in [0.4, 0.5) is 10.1 Å². The molecule has 1 heterocycles. The molecule has 0 bridgehead atoms. The molecular formula is C23H27FN2O3S. The number of nitrogens with one attached hydrogen (secondary N) is 1. The fraction of sp³-hybridized carbons (Fsp3) is 0.435. The number of hydrogen-bond acceptors (Lipinski definition) is 3. The van der Waals surface area contributed by atoms with Crippen molar-refractivity contribution >= 4 is 21.6 Å². The molecule has 160 valence electrons. The summed E-state index contributed by atoms with van der Waals surface area (Å²) in [5, 5.41) is 3.05. The standard InChI is InChI=1S/C23H27FN2O3S/c24-20-10-8-19(9-11-20)23(12-1-2-13-23)17-25-22(27)18-6-5-7-21(16-18)26-14-3-4-15-30(26,28)29/h5-11,16H,1-4,12-15,17H2,(H,25,27). The zero-order chi connectivity index (χ0) is 21.2. The minimum atomic E-state index is -3.32. The number of hydrogen-bond donors (Lipinski definition) is 1. The quantitative estimate of drug-likeness (QED) is 0.780. The highest BCUT2D eigenvalue weighted by molar-refractivity contribution is 7.92. The fourth-order valence-corrected chi connectivity index (χ4v) is 6.29. The summed E-state index contributed by atoms with van der Waals surface area (Å²) in [6.07, 6.45) is 5.54. The Hall–Kier alpha value is -2.41. The zero-order valence-electron chi connectivity index (χ0n) is 16.9. The molecule has 0 aromatic heterocycles. The van der Waals surface area contributed by atoms with E-state index >= 15 is 0 Å². The van der Waals surface area contributed by atoms with Gasteiger partial charge in [0.2, 0.25) is 10.0 Å². The van der Waals surface area contributed by atoms with Gasteiger partial charge in [-0.3, -0.25) is 9.10 Å². The Labute approximate surface area is 177 Å². The maximum absolute atomic E-state index is 13.4. The summed E-state index contributed by atoms with van der Waals surface area (Å²) in [6.45, 7) is 0.921. The maximum Gasteiger partial charge on any atom is 0.251 e. The molecule has 0 atom stereocenters. The summed E-state index contributed by atoms with van der Waals surface area (Å²) in [4.78, 5) is 12.9. The molecule has 5 nitrogen and oxygen atoms in total. The van der Waals surface area contributed by atoms with Gasteiger partial charge < -0.3 is 5.32 Å². The Morgan fingerprint density at radius 2 is 1.77 bits per heavy atom. The van der Waals surface area contributed by atoms with Crippen LogP contribution in [0.2, 0.25) is 0 Å². The molecule has 1 saturated carbocycles. The van der Waals surface area contributed by atoms with Crippen molar-refractivity contribution in [1.82, 2.24) is 5.32 Å². The van der Waals surface area contributed by atoms with E-state index in [0.717, 1.165) is 37.7 Å². The summed E-state index contributed by atoms with van der Waals surface area (Å²) in [6, 6.07) is 13.4. The van der Waals surface area contributed by atoms with Gasteiger partial charge in [-0.15, -0.1) is 0 Å². The van der Waals surface area contributed by atoms with Gasteiger partial charge in [-0.25, -0.2) is 12.8 Å². The van der Waals surface area contributed by atoms with Crippen molar-refractivity contribution in [3.63, 3.8) is 0 Å². The first-order valence-electron chi connectivity index (χ1n) is 10.5. The molecular weight excluding hydrogens is 403 g/mol. The van der Waals surface area contributed by atoms with Gasteiger partial charge in [0.1, 0.15) is 5.82 Å². The molecule has 30 heavy (non-hydrogen) atoms. The second-order valence-corrected chi connectivity index (χ2v) is 10.3. The number of rotatable bonds is 5. The number of sulfonamides is 1. The number of carbonyl (C=O) groups is 1. The number of halogens is 1. The number of benzene rings is 2. The van der Waals surface area contributed by atoms with Crippen LogP contribution in [0.5, 0.6) is 0 Å². The van der Waals surface area contributed by atoms with E-state index in [1.165, 1.54) is 16.4 Å². The van der Waals surface area contributed by atoms with Crippen molar-refractivity contribution in [1.29, 1.82) is 0 Å². The van der Waals surface area contributed by atoms with Crippen LogP contribution < -0.4 is 9.62 Å². The summed E-state index contributed by atoms with van der Waals surface area (Å²) in [5.74, 6) is -0.344. The van der Waals surface area contributed by atoms with Crippen LogP contribution >= 0.6 is 0 Å². The van der Waals surface area contributed by atoms with E-state index in [-0.39, 0.29) is 22.9 Å². The lowest BCUT2D eigenvalue weighted by molar-refractivity contribution is 0.0943. The van der Waals surface area contributed by atoms with Crippen LogP contribution in [-0.4, -0.2) is 33.2 Å². The van der Waals surface area contributed by atoms with Crippen molar-refractivity contribution in [2.24, 2.45) is 0 Å². The first-order chi connectivity index (χ1) is 14.4.